The highest BCUT2D eigenvalue weighted by atomic mass is 16.4. The van der Waals surface area contributed by atoms with Gasteiger partial charge in [0.1, 0.15) is 5.69 Å². The van der Waals surface area contributed by atoms with E-state index in [9.17, 15) is 9.59 Å². The summed E-state index contributed by atoms with van der Waals surface area (Å²) in [6.07, 6.45) is 1.30. The number of aromatic nitrogens is 3. The van der Waals surface area contributed by atoms with Gasteiger partial charge in [-0.15, -0.1) is 0 Å². The molecule has 2 rings (SSSR count). The highest BCUT2D eigenvalue weighted by molar-refractivity contribution is 5.70. The number of hydrogen-bond donors (Lipinski definition) is 1. The third-order valence-electron chi connectivity index (χ3n) is 2.62. The first kappa shape index (κ1) is 12.9. The Morgan fingerprint density at radius 1 is 1.37 bits per heavy atom. The standard InChI is InChI=1S/C13H13N3O3/c1-2-16-13(19)9(8-12(17)18)7-11(15-16)10-5-3-4-6-14-10/h3-7H,2,8H2,1H3,(H,17,18). The van der Waals surface area contributed by atoms with E-state index in [2.05, 4.69) is 10.1 Å². The first-order valence-electron chi connectivity index (χ1n) is 5.86. The van der Waals surface area contributed by atoms with Crippen molar-refractivity contribution < 1.29 is 9.90 Å². The van der Waals surface area contributed by atoms with Gasteiger partial charge >= 0.3 is 5.97 Å². The zero-order valence-electron chi connectivity index (χ0n) is 10.4. The number of hydrogen-bond acceptors (Lipinski definition) is 4. The van der Waals surface area contributed by atoms with Crippen molar-refractivity contribution in [2.45, 2.75) is 19.9 Å². The van der Waals surface area contributed by atoms with Gasteiger partial charge in [0.2, 0.25) is 0 Å². The Morgan fingerprint density at radius 2 is 2.16 bits per heavy atom. The van der Waals surface area contributed by atoms with Crippen LogP contribution in [0.2, 0.25) is 0 Å². The molecule has 98 valence electrons. The Bertz CT molecular complexity index is 650. The minimum absolute atomic E-state index is 0.213. The van der Waals surface area contributed by atoms with Crippen molar-refractivity contribution in [1.82, 2.24) is 14.8 Å². The van der Waals surface area contributed by atoms with Crippen LogP contribution in [0.15, 0.2) is 35.3 Å². The third-order valence-corrected chi connectivity index (χ3v) is 2.62. The van der Waals surface area contributed by atoms with Crippen LogP contribution in [0.5, 0.6) is 0 Å². The molecule has 2 aromatic rings. The van der Waals surface area contributed by atoms with Crippen LogP contribution in [-0.4, -0.2) is 25.8 Å². The Balaban J connectivity index is 2.57. The molecule has 0 aromatic carbocycles. The third kappa shape index (κ3) is 2.85. The molecular formula is C13H13N3O3. The average Bonchev–Trinajstić information content (AvgIpc) is 2.41. The number of carboxylic acid groups (broad SMARTS) is 1. The average molecular weight is 259 g/mol. The lowest BCUT2D eigenvalue weighted by Crippen LogP contribution is -2.27. The summed E-state index contributed by atoms with van der Waals surface area (Å²) in [4.78, 5) is 26.9. The predicted octanol–water partition coefficient (Wildman–Crippen LogP) is 0.952. The second-order valence-electron chi connectivity index (χ2n) is 3.96. The van der Waals surface area contributed by atoms with Gasteiger partial charge in [-0.3, -0.25) is 14.6 Å². The molecule has 0 aliphatic heterocycles. The molecule has 0 aliphatic rings. The van der Waals surface area contributed by atoms with Crippen molar-refractivity contribution in [3.05, 3.63) is 46.4 Å². The van der Waals surface area contributed by atoms with Crippen molar-refractivity contribution in [2.24, 2.45) is 0 Å². The van der Waals surface area contributed by atoms with Crippen LogP contribution in [0.25, 0.3) is 11.4 Å². The van der Waals surface area contributed by atoms with Crippen molar-refractivity contribution in [3.8, 4) is 11.4 Å². The Morgan fingerprint density at radius 3 is 2.74 bits per heavy atom. The summed E-state index contributed by atoms with van der Waals surface area (Å²) >= 11 is 0. The number of aryl methyl sites for hydroxylation is 1. The Labute approximate surface area is 109 Å². The largest absolute Gasteiger partial charge is 0.481 e. The van der Waals surface area contributed by atoms with E-state index in [0.717, 1.165) is 0 Å². The highest BCUT2D eigenvalue weighted by Gasteiger charge is 2.12. The van der Waals surface area contributed by atoms with E-state index in [-0.39, 0.29) is 17.5 Å². The van der Waals surface area contributed by atoms with Gasteiger partial charge < -0.3 is 5.11 Å². The van der Waals surface area contributed by atoms with E-state index in [1.165, 1.54) is 10.7 Å². The number of rotatable bonds is 4. The summed E-state index contributed by atoms with van der Waals surface area (Å²) in [5.74, 6) is -1.04. The molecule has 0 radical (unpaired) electrons. The topological polar surface area (TPSA) is 85.1 Å². The molecule has 0 fully saturated rings. The summed E-state index contributed by atoms with van der Waals surface area (Å²) in [5, 5.41) is 13.0. The molecule has 0 unspecified atom stereocenters. The van der Waals surface area contributed by atoms with E-state index in [0.29, 0.717) is 17.9 Å². The summed E-state index contributed by atoms with van der Waals surface area (Å²) in [6.45, 7) is 2.16. The second kappa shape index (κ2) is 5.43. The van der Waals surface area contributed by atoms with Gasteiger partial charge in [0.25, 0.3) is 5.56 Å². The molecule has 0 amide bonds. The van der Waals surface area contributed by atoms with Gasteiger partial charge in [-0.25, -0.2) is 4.68 Å². The fraction of sp³-hybridized carbons (Fsp3) is 0.231. The van der Waals surface area contributed by atoms with Crippen molar-refractivity contribution >= 4 is 5.97 Å². The Hall–Kier alpha value is -2.50. The van der Waals surface area contributed by atoms with Crippen LogP contribution >= 0.6 is 0 Å². The van der Waals surface area contributed by atoms with Gasteiger partial charge in [0, 0.05) is 18.3 Å². The molecule has 0 atom stereocenters. The van der Waals surface area contributed by atoms with Gasteiger partial charge in [0.05, 0.1) is 12.1 Å². The van der Waals surface area contributed by atoms with Crippen LogP contribution in [0.3, 0.4) is 0 Å². The minimum atomic E-state index is -1.04. The van der Waals surface area contributed by atoms with E-state index in [4.69, 9.17) is 5.11 Å². The molecule has 0 saturated carbocycles. The minimum Gasteiger partial charge on any atom is -0.481 e. The van der Waals surface area contributed by atoms with E-state index < -0.39 is 5.97 Å². The van der Waals surface area contributed by atoms with Crippen molar-refractivity contribution in [2.75, 3.05) is 0 Å². The fourth-order valence-corrected chi connectivity index (χ4v) is 1.74. The SMILES string of the molecule is CCn1nc(-c2ccccn2)cc(CC(=O)O)c1=O. The lowest BCUT2D eigenvalue weighted by atomic mass is 10.1. The predicted molar refractivity (Wildman–Crippen MR) is 68.7 cm³/mol. The summed E-state index contributed by atoms with van der Waals surface area (Å²) in [6, 6.07) is 6.84. The molecule has 2 aromatic heterocycles. The van der Waals surface area contributed by atoms with Crippen molar-refractivity contribution in [3.63, 3.8) is 0 Å². The molecule has 6 nitrogen and oxygen atoms in total. The number of aliphatic carboxylic acids is 1. The van der Waals surface area contributed by atoms with Gasteiger partial charge in [-0.1, -0.05) is 6.07 Å². The first-order chi connectivity index (χ1) is 9.11. The van der Waals surface area contributed by atoms with Gasteiger partial charge in [-0.05, 0) is 25.1 Å². The smallest absolute Gasteiger partial charge is 0.308 e. The van der Waals surface area contributed by atoms with E-state index in [1.807, 2.05) is 6.07 Å². The zero-order valence-corrected chi connectivity index (χ0v) is 10.4. The second-order valence-corrected chi connectivity index (χ2v) is 3.96. The number of carboxylic acids is 1. The molecule has 6 heteroatoms. The molecular weight excluding hydrogens is 246 g/mol. The van der Waals surface area contributed by atoms with Gasteiger partial charge in [0.15, 0.2) is 0 Å². The monoisotopic (exact) mass is 259 g/mol. The molecule has 0 spiro atoms. The number of carbonyl (C=O) groups is 1. The maximum Gasteiger partial charge on any atom is 0.308 e. The zero-order chi connectivity index (χ0) is 13.8. The first-order valence-corrected chi connectivity index (χ1v) is 5.86. The lowest BCUT2D eigenvalue weighted by Gasteiger charge is -2.07. The van der Waals surface area contributed by atoms with Crippen molar-refractivity contribution in [1.29, 1.82) is 0 Å². The molecule has 2 heterocycles. The number of nitrogens with zero attached hydrogens (tertiary/aromatic N) is 3. The maximum absolute atomic E-state index is 11.9. The molecule has 1 N–H and O–H groups in total. The molecule has 0 aliphatic carbocycles. The number of pyridine rings is 1. The fourth-order valence-electron chi connectivity index (χ4n) is 1.74. The molecule has 0 saturated heterocycles. The quantitative estimate of drug-likeness (QED) is 0.883. The summed E-state index contributed by atoms with van der Waals surface area (Å²) in [7, 11) is 0. The lowest BCUT2D eigenvalue weighted by molar-refractivity contribution is -0.136. The Kier molecular flexibility index (Phi) is 3.70. The van der Waals surface area contributed by atoms with Crippen LogP contribution < -0.4 is 5.56 Å². The normalized spacial score (nSPS) is 10.4. The van der Waals surface area contributed by atoms with Gasteiger partial charge in [-0.2, -0.15) is 5.10 Å². The van der Waals surface area contributed by atoms with Crippen LogP contribution in [-0.2, 0) is 17.8 Å². The van der Waals surface area contributed by atoms with E-state index >= 15 is 0 Å². The highest BCUT2D eigenvalue weighted by Crippen LogP contribution is 2.13. The summed E-state index contributed by atoms with van der Waals surface area (Å²) in [5.41, 5.74) is 0.948. The molecule has 19 heavy (non-hydrogen) atoms. The van der Waals surface area contributed by atoms with Crippen LogP contribution in [0.4, 0.5) is 0 Å². The molecule has 0 bridgehead atoms. The maximum atomic E-state index is 11.9. The summed E-state index contributed by atoms with van der Waals surface area (Å²) < 4.78 is 1.25. The van der Waals surface area contributed by atoms with Crippen LogP contribution in [0.1, 0.15) is 12.5 Å². The van der Waals surface area contributed by atoms with E-state index in [1.54, 1.807) is 25.3 Å². The van der Waals surface area contributed by atoms with Crippen LogP contribution in [0, 0.1) is 0 Å².